The second kappa shape index (κ2) is 3.97. The average Bonchev–Trinajstić information content (AvgIpc) is 2.49. The van der Waals surface area contributed by atoms with Gasteiger partial charge in [0.25, 0.3) is 0 Å². The molecule has 1 aromatic rings. The lowest BCUT2D eigenvalue weighted by atomic mass is 10.1. The van der Waals surface area contributed by atoms with E-state index >= 15 is 0 Å². The Bertz CT molecular complexity index is 349. The number of hydrogen-bond acceptors (Lipinski definition) is 0. The molecule has 0 bridgehead atoms. The minimum Gasteiger partial charge on any atom is -0.0582 e. The lowest BCUT2D eigenvalue weighted by Crippen LogP contribution is -1.82. The van der Waals surface area contributed by atoms with Gasteiger partial charge in [0.1, 0.15) is 0 Å². The number of halogens is 2. The van der Waals surface area contributed by atoms with Gasteiger partial charge in [-0.1, -0.05) is 18.2 Å². The van der Waals surface area contributed by atoms with Crippen molar-refractivity contribution in [2.45, 2.75) is 19.3 Å². The van der Waals surface area contributed by atoms with Crippen LogP contribution in [0.3, 0.4) is 0 Å². The monoisotopic (exact) mass is 300 g/mol. The highest BCUT2D eigenvalue weighted by atomic mass is 79.9. The van der Waals surface area contributed by atoms with Gasteiger partial charge in [-0.05, 0) is 73.9 Å². The van der Waals surface area contributed by atoms with Crippen LogP contribution in [0, 0.1) is 0 Å². The maximum atomic E-state index is 3.37. The molecule has 0 radical (unpaired) electrons. The van der Waals surface area contributed by atoms with Crippen LogP contribution in [0.5, 0.6) is 0 Å². The predicted octanol–water partition coefficient (Wildman–Crippen LogP) is 4.26. The summed E-state index contributed by atoms with van der Waals surface area (Å²) in [6.07, 6.45) is 5.91. The molecule has 0 aliphatic heterocycles. The minimum atomic E-state index is 0.998. The van der Waals surface area contributed by atoms with E-state index in [1.807, 2.05) is 0 Å². The average molecular weight is 302 g/mol. The molecule has 0 N–H and O–H groups in total. The summed E-state index contributed by atoms with van der Waals surface area (Å²) in [7, 11) is 0. The number of fused-ring (bicyclic) bond motifs is 1. The number of hydrogen-bond donors (Lipinski definition) is 0. The van der Waals surface area contributed by atoms with Gasteiger partial charge < -0.3 is 0 Å². The molecule has 1 aliphatic rings. The Labute approximate surface area is 95.3 Å². The molecule has 1 aromatic carbocycles. The van der Waals surface area contributed by atoms with Crippen LogP contribution < -0.4 is 0 Å². The molecular formula is C11H10Br2. The Hall–Kier alpha value is -0.0800. The first kappa shape index (κ1) is 9.47. The summed E-state index contributed by atoms with van der Waals surface area (Å²) in [6, 6.07) is 6.70. The van der Waals surface area contributed by atoms with Crippen LogP contribution >= 0.6 is 31.9 Å². The van der Waals surface area contributed by atoms with E-state index in [0.29, 0.717) is 0 Å². The number of rotatable bonds is 1. The van der Waals surface area contributed by atoms with Crippen molar-refractivity contribution < 1.29 is 0 Å². The van der Waals surface area contributed by atoms with E-state index in [0.717, 1.165) is 3.39 Å². The fourth-order valence-electron chi connectivity index (χ4n) is 1.81. The van der Waals surface area contributed by atoms with Crippen molar-refractivity contribution in [1.29, 1.82) is 0 Å². The molecule has 1 aliphatic carbocycles. The van der Waals surface area contributed by atoms with Gasteiger partial charge in [0, 0.05) is 0 Å². The zero-order valence-electron chi connectivity index (χ0n) is 7.19. The molecule has 0 aromatic heterocycles. The molecule has 0 spiro atoms. The van der Waals surface area contributed by atoms with Crippen molar-refractivity contribution >= 4 is 37.9 Å². The normalized spacial score (nSPS) is 14.0. The first-order valence-electron chi connectivity index (χ1n) is 4.40. The lowest BCUT2D eigenvalue weighted by molar-refractivity contribution is 0.912. The van der Waals surface area contributed by atoms with Gasteiger partial charge in [0.2, 0.25) is 0 Å². The third-order valence-corrected chi connectivity index (χ3v) is 2.86. The summed E-state index contributed by atoms with van der Waals surface area (Å²) in [5, 5.41) is 0. The quantitative estimate of drug-likeness (QED) is 0.727. The van der Waals surface area contributed by atoms with Crippen LogP contribution in [0.25, 0.3) is 6.08 Å². The lowest BCUT2D eigenvalue weighted by Gasteiger charge is -2.00. The number of aryl methyl sites for hydroxylation is 2. The highest BCUT2D eigenvalue weighted by molar-refractivity contribution is 9.28. The first-order valence-corrected chi connectivity index (χ1v) is 5.99. The second-order valence-corrected chi connectivity index (χ2v) is 6.09. The van der Waals surface area contributed by atoms with Gasteiger partial charge in [0.05, 0.1) is 3.39 Å². The molecule has 0 unspecified atom stereocenters. The molecule has 2 rings (SSSR count). The SMILES string of the molecule is BrC(Br)=Cc1ccc2c(c1)CCC2. The topological polar surface area (TPSA) is 0 Å². The summed E-state index contributed by atoms with van der Waals surface area (Å²) >= 11 is 6.74. The molecule has 13 heavy (non-hydrogen) atoms. The Morgan fingerprint density at radius 3 is 2.69 bits per heavy atom. The molecule has 0 atom stereocenters. The summed E-state index contributed by atoms with van der Waals surface area (Å²) in [5.41, 5.74) is 4.32. The molecule has 0 fully saturated rings. The van der Waals surface area contributed by atoms with E-state index in [1.54, 1.807) is 0 Å². The van der Waals surface area contributed by atoms with Crippen LogP contribution in [0.2, 0.25) is 0 Å². The van der Waals surface area contributed by atoms with Crippen LogP contribution in [-0.4, -0.2) is 0 Å². The Kier molecular flexibility index (Phi) is 2.89. The summed E-state index contributed by atoms with van der Waals surface area (Å²) in [6.45, 7) is 0. The van der Waals surface area contributed by atoms with Gasteiger partial charge in [-0.15, -0.1) is 0 Å². The molecule has 0 saturated heterocycles. The Morgan fingerprint density at radius 2 is 1.92 bits per heavy atom. The van der Waals surface area contributed by atoms with E-state index < -0.39 is 0 Å². The Balaban J connectivity index is 2.36. The molecule has 2 heteroatoms. The standard InChI is InChI=1S/C11H10Br2/c12-11(13)7-8-4-5-9-2-1-3-10(9)6-8/h4-7H,1-3H2. The summed E-state index contributed by atoms with van der Waals surface area (Å²) < 4.78 is 0.998. The van der Waals surface area contributed by atoms with E-state index in [4.69, 9.17) is 0 Å². The molecular weight excluding hydrogens is 292 g/mol. The van der Waals surface area contributed by atoms with Gasteiger partial charge in [0.15, 0.2) is 0 Å². The fourth-order valence-corrected chi connectivity index (χ4v) is 2.34. The molecule has 0 saturated carbocycles. The molecule has 0 amide bonds. The van der Waals surface area contributed by atoms with Crippen molar-refractivity contribution in [3.63, 3.8) is 0 Å². The van der Waals surface area contributed by atoms with Crippen molar-refractivity contribution in [2.75, 3.05) is 0 Å². The third-order valence-electron chi connectivity index (χ3n) is 2.40. The summed E-state index contributed by atoms with van der Waals surface area (Å²) in [4.78, 5) is 0. The second-order valence-electron chi connectivity index (χ2n) is 3.32. The first-order chi connectivity index (χ1) is 6.25. The molecule has 68 valence electrons. The van der Waals surface area contributed by atoms with Crippen molar-refractivity contribution in [1.82, 2.24) is 0 Å². The van der Waals surface area contributed by atoms with Crippen LogP contribution in [0.4, 0.5) is 0 Å². The van der Waals surface area contributed by atoms with E-state index in [1.165, 1.54) is 36.0 Å². The fraction of sp³-hybridized carbons (Fsp3) is 0.273. The van der Waals surface area contributed by atoms with Crippen molar-refractivity contribution in [3.8, 4) is 0 Å². The van der Waals surface area contributed by atoms with E-state index in [9.17, 15) is 0 Å². The van der Waals surface area contributed by atoms with Crippen LogP contribution in [-0.2, 0) is 12.8 Å². The smallest absolute Gasteiger partial charge is 0.0582 e. The van der Waals surface area contributed by atoms with Gasteiger partial charge in [-0.2, -0.15) is 0 Å². The van der Waals surface area contributed by atoms with E-state index in [2.05, 4.69) is 56.1 Å². The minimum absolute atomic E-state index is 0.998. The maximum Gasteiger partial charge on any atom is 0.0610 e. The predicted molar refractivity (Wildman–Crippen MR) is 64.3 cm³/mol. The maximum absolute atomic E-state index is 3.37. The summed E-state index contributed by atoms with van der Waals surface area (Å²) in [5.74, 6) is 0. The van der Waals surface area contributed by atoms with Crippen LogP contribution in [0.15, 0.2) is 21.6 Å². The van der Waals surface area contributed by atoms with Crippen molar-refractivity contribution in [3.05, 3.63) is 38.3 Å². The van der Waals surface area contributed by atoms with Gasteiger partial charge in [-0.25, -0.2) is 0 Å². The van der Waals surface area contributed by atoms with Crippen molar-refractivity contribution in [2.24, 2.45) is 0 Å². The molecule has 0 heterocycles. The number of benzene rings is 1. The third kappa shape index (κ3) is 2.23. The molecule has 0 nitrogen and oxygen atoms in total. The highest BCUT2D eigenvalue weighted by Crippen LogP contribution is 2.25. The highest BCUT2D eigenvalue weighted by Gasteiger charge is 2.09. The zero-order valence-corrected chi connectivity index (χ0v) is 10.4. The van der Waals surface area contributed by atoms with E-state index in [-0.39, 0.29) is 0 Å². The van der Waals surface area contributed by atoms with Gasteiger partial charge in [-0.3, -0.25) is 0 Å². The Morgan fingerprint density at radius 1 is 1.15 bits per heavy atom. The largest absolute Gasteiger partial charge is 0.0610 e. The van der Waals surface area contributed by atoms with Crippen LogP contribution in [0.1, 0.15) is 23.1 Å². The van der Waals surface area contributed by atoms with Gasteiger partial charge >= 0.3 is 0 Å². The zero-order chi connectivity index (χ0) is 9.26.